The van der Waals surface area contributed by atoms with Crippen molar-refractivity contribution in [1.29, 1.82) is 0 Å². The van der Waals surface area contributed by atoms with Crippen LogP contribution in [0.4, 0.5) is 0 Å². The summed E-state index contributed by atoms with van der Waals surface area (Å²) in [7, 11) is 0. The Morgan fingerprint density at radius 3 is 1.53 bits per heavy atom. The van der Waals surface area contributed by atoms with E-state index in [1.807, 2.05) is 147 Å². The van der Waals surface area contributed by atoms with E-state index in [9.17, 15) is 0 Å². The molecule has 10 heteroatoms. The lowest BCUT2D eigenvalue weighted by atomic mass is 10.1. The minimum absolute atomic E-state index is 0.287. The molecule has 10 nitrogen and oxygen atoms in total. The molecule has 3 aliphatic heterocycles. The molecule has 0 saturated carbocycles. The topological polar surface area (TPSA) is 116 Å². The molecule has 0 saturated heterocycles. The number of nitrogens with zero attached hydrogens (tertiary/aromatic N) is 10. The molecule has 3 aliphatic rings. The van der Waals surface area contributed by atoms with Gasteiger partial charge in [0.05, 0.1) is 17.1 Å². The molecule has 0 fully saturated rings. The van der Waals surface area contributed by atoms with Gasteiger partial charge in [-0.15, -0.1) is 0 Å². The molecule has 0 aliphatic carbocycles. The van der Waals surface area contributed by atoms with E-state index in [0.29, 0.717) is 46.1 Å². The fourth-order valence-electron chi connectivity index (χ4n) is 5.64. The number of guanidine groups is 3. The molecule has 0 spiro atoms. The second-order valence-corrected chi connectivity index (χ2v) is 11.7. The molecule has 3 aromatic carbocycles. The highest BCUT2D eigenvalue weighted by Crippen LogP contribution is 2.25. The van der Waals surface area contributed by atoms with Crippen LogP contribution in [0.25, 0.3) is 28.2 Å². The van der Waals surface area contributed by atoms with E-state index in [4.69, 9.17) is 44.9 Å². The molecular formula is C41H30N10. The Balaban J connectivity index is 1.28. The summed E-state index contributed by atoms with van der Waals surface area (Å²) in [5.74, 6) is 1.88. The maximum Gasteiger partial charge on any atom is 0.243 e. The Morgan fingerprint density at radius 1 is 0.549 bits per heavy atom. The molecule has 0 amide bonds. The van der Waals surface area contributed by atoms with Crippen LogP contribution in [-0.2, 0) is 0 Å². The SMILES string of the molecule is C=C(C)C(=NC(=CC)c1ccccc1)C1=NC2=NC(c3cccc(-c4ccccc4)n3)=NC3=NC(c4cccc(-c5ccccc5)n4)=NC(=N1)N23. The minimum atomic E-state index is 0.287. The molecule has 0 N–H and O–H groups in total. The summed E-state index contributed by atoms with van der Waals surface area (Å²) >= 11 is 0. The maximum atomic E-state index is 5.01. The van der Waals surface area contributed by atoms with Gasteiger partial charge in [-0.25, -0.2) is 19.9 Å². The van der Waals surface area contributed by atoms with Gasteiger partial charge in [0.2, 0.25) is 17.9 Å². The minimum Gasteiger partial charge on any atom is -0.245 e. The van der Waals surface area contributed by atoms with Crippen molar-refractivity contribution in [2.75, 3.05) is 0 Å². The Kier molecular flexibility index (Phi) is 8.23. The van der Waals surface area contributed by atoms with Gasteiger partial charge in [0.15, 0.2) is 17.5 Å². The highest BCUT2D eigenvalue weighted by Gasteiger charge is 2.37. The van der Waals surface area contributed by atoms with Gasteiger partial charge in [-0.05, 0) is 49.2 Å². The summed E-state index contributed by atoms with van der Waals surface area (Å²) in [6.07, 6.45) is 1.95. The highest BCUT2D eigenvalue weighted by molar-refractivity contribution is 6.52. The number of hydrogen-bond donors (Lipinski definition) is 0. The number of hydrogen-bond acceptors (Lipinski definition) is 10. The Bertz CT molecular complexity index is 2350. The van der Waals surface area contributed by atoms with E-state index in [0.717, 1.165) is 33.8 Å². The van der Waals surface area contributed by atoms with Crippen molar-refractivity contribution in [3.63, 3.8) is 0 Å². The molecule has 0 bridgehead atoms. The summed E-state index contributed by atoms with van der Waals surface area (Å²) in [4.78, 5) is 45.8. The highest BCUT2D eigenvalue weighted by atomic mass is 15.5. The van der Waals surface area contributed by atoms with Gasteiger partial charge in [-0.1, -0.05) is 116 Å². The molecule has 2 aromatic heterocycles. The van der Waals surface area contributed by atoms with Gasteiger partial charge in [0, 0.05) is 11.1 Å². The summed E-state index contributed by atoms with van der Waals surface area (Å²) < 4.78 is 0. The second-order valence-electron chi connectivity index (χ2n) is 11.7. The first-order valence-corrected chi connectivity index (χ1v) is 16.4. The lowest BCUT2D eigenvalue weighted by molar-refractivity contribution is 0.828. The number of pyridine rings is 2. The largest absolute Gasteiger partial charge is 0.245 e. The zero-order chi connectivity index (χ0) is 34.7. The number of allylic oxidation sites excluding steroid dienone is 1. The summed E-state index contributed by atoms with van der Waals surface area (Å²) in [5.41, 5.74) is 7.55. The van der Waals surface area contributed by atoms with E-state index < -0.39 is 0 Å². The fourth-order valence-corrected chi connectivity index (χ4v) is 5.64. The number of rotatable bonds is 8. The van der Waals surface area contributed by atoms with Crippen molar-refractivity contribution in [3.8, 4) is 22.5 Å². The number of benzene rings is 3. The third-order valence-corrected chi connectivity index (χ3v) is 8.12. The van der Waals surface area contributed by atoms with E-state index in [1.165, 1.54) is 0 Å². The van der Waals surface area contributed by atoms with Crippen molar-refractivity contribution >= 4 is 46.8 Å². The molecule has 5 heterocycles. The zero-order valence-corrected chi connectivity index (χ0v) is 27.9. The monoisotopic (exact) mass is 662 g/mol. The smallest absolute Gasteiger partial charge is 0.243 e. The van der Waals surface area contributed by atoms with Crippen LogP contribution in [0.1, 0.15) is 30.8 Å². The van der Waals surface area contributed by atoms with Crippen LogP contribution in [0.5, 0.6) is 0 Å². The van der Waals surface area contributed by atoms with Gasteiger partial charge in [0.25, 0.3) is 0 Å². The first-order valence-electron chi connectivity index (χ1n) is 16.4. The molecule has 244 valence electrons. The molecule has 0 atom stereocenters. The van der Waals surface area contributed by atoms with Crippen molar-refractivity contribution in [2.45, 2.75) is 13.8 Å². The molecule has 5 aromatic rings. The van der Waals surface area contributed by atoms with E-state index in [-0.39, 0.29) is 11.9 Å². The molecular weight excluding hydrogens is 633 g/mol. The predicted molar refractivity (Wildman–Crippen MR) is 206 cm³/mol. The average Bonchev–Trinajstić information content (AvgIpc) is 3.19. The Morgan fingerprint density at radius 2 is 1.02 bits per heavy atom. The van der Waals surface area contributed by atoms with Gasteiger partial charge in [-0.2, -0.15) is 30.0 Å². The van der Waals surface area contributed by atoms with Gasteiger partial charge in [0.1, 0.15) is 17.1 Å². The summed E-state index contributed by atoms with van der Waals surface area (Å²) in [6, 6.07) is 41.4. The van der Waals surface area contributed by atoms with E-state index >= 15 is 0 Å². The van der Waals surface area contributed by atoms with E-state index in [2.05, 4.69) is 6.58 Å². The zero-order valence-electron chi connectivity index (χ0n) is 27.9. The standard InChI is InChI=1S/C41H30N10/c1-4-30(27-16-8-5-9-17-27)44-35(26(2)3)38-49-40-47-36(33-24-14-22-31(42-33)28-18-10-6-11-19-28)45-39-46-37(48-41(50-38)51(39)40)34-25-15-23-32(43-34)29-20-12-7-13-21-29/h4-25H,2H2,1,3H3. The van der Waals surface area contributed by atoms with Crippen LogP contribution >= 0.6 is 0 Å². The van der Waals surface area contributed by atoms with Crippen molar-refractivity contribution < 1.29 is 0 Å². The first-order chi connectivity index (χ1) is 25.0. The normalized spacial score (nSPS) is 15.5. The molecule has 51 heavy (non-hydrogen) atoms. The van der Waals surface area contributed by atoms with Crippen molar-refractivity contribution in [2.24, 2.45) is 34.9 Å². The van der Waals surface area contributed by atoms with Crippen LogP contribution in [0, 0.1) is 0 Å². The van der Waals surface area contributed by atoms with Crippen LogP contribution in [-0.4, -0.2) is 56.0 Å². The van der Waals surface area contributed by atoms with Gasteiger partial charge >= 0.3 is 0 Å². The fraction of sp³-hybridized carbons (Fsp3) is 0.0488. The Hall–Kier alpha value is -7.07. The molecule has 0 radical (unpaired) electrons. The maximum absolute atomic E-state index is 5.01. The lowest BCUT2D eigenvalue weighted by Gasteiger charge is -2.30. The lowest BCUT2D eigenvalue weighted by Crippen LogP contribution is -2.48. The summed E-state index contributed by atoms with van der Waals surface area (Å²) in [5, 5.41) is 0. The van der Waals surface area contributed by atoms with Crippen LogP contribution in [0.15, 0.2) is 181 Å². The molecule has 0 unspecified atom stereocenters. The number of aromatic nitrogens is 2. The third kappa shape index (κ3) is 6.29. The third-order valence-electron chi connectivity index (χ3n) is 8.12. The van der Waals surface area contributed by atoms with Crippen LogP contribution in [0.3, 0.4) is 0 Å². The number of aliphatic imine (C=N–C) groups is 7. The first kappa shape index (κ1) is 31.2. The van der Waals surface area contributed by atoms with Crippen molar-refractivity contribution in [1.82, 2.24) is 14.9 Å². The number of amidine groups is 3. The quantitative estimate of drug-likeness (QED) is 0.157. The average molecular weight is 663 g/mol. The van der Waals surface area contributed by atoms with Crippen molar-refractivity contribution in [3.05, 3.63) is 163 Å². The summed E-state index contributed by atoms with van der Waals surface area (Å²) in [6.45, 7) is 8.05. The van der Waals surface area contributed by atoms with E-state index in [1.54, 1.807) is 4.90 Å². The predicted octanol–water partition coefficient (Wildman–Crippen LogP) is 7.89. The molecule has 8 rings (SSSR count). The van der Waals surface area contributed by atoms with Gasteiger partial charge in [-0.3, -0.25) is 0 Å². The van der Waals surface area contributed by atoms with Gasteiger partial charge < -0.3 is 0 Å². The second kappa shape index (κ2) is 13.4. The van der Waals surface area contributed by atoms with Crippen LogP contribution < -0.4 is 0 Å². The van der Waals surface area contributed by atoms with Crippen LogP contribution in [0.2, 0.25) is 0 Å². The Labute approximate surface area is 294 Å².